The number of carbonyl (C=O) groups is 1. The molecule has 11 heteroatoms. The van der Waals surface area contributed by atoms with Crippen molar-refractivity contribution >= 4 is 39.0 Å². The average Bonchev–Trinajstić information content (AvgIpc) is 3.51. The number of hydrogen-bond acceptors (Lipinski definition) is 9. The first-order chi connectivity index (χ1) is 15.9. The van der Waals surface area contributed by atoms with Gasteiger partial charge < -0.3 is 5.32 Å². The number of hydrogen-bond donors (Lipinski definition) is 1. The Balaban J connectivity index is 1.57. The highest BCUT2D eigenvalue weighted by atomic mass is 32.1. The molecule has 162 valence electrons. The number of ketones is 1. The van der Waals surface area contributed by atoms with Crippen molar-refractivity contribution in [1.82, 2.24) is 34.5 Å². The van der Waals surface area contributed by atoms with Gasteiger partial charge in [-0.15, -0.1) is 10.2 Å². The first-order valence-corrected chi connectivity index (χ1v) is 10.8. The number of fused-ring (bicyclic) bond motifs is 1. The van der Waals surface area contributed by atoms with Crippen LogP contribution in [0.5, 0.6) is 0 Å². The van der Waals surface area contributed by atoms with E-state index in [9.17, 15) is 10.1 Å². The van der Waals surface area contributed by atoms with Gasteiger partial charge in [-0.25, -0.2) is 14.6 Å². The number of pyridine rings is 1. The van der Waals surface area contributed by atoms with Gasteiger partial charge in [-0.05, 0) is 57.2 Å². The number of aryl methyl sites for hydroxylation is 2. The van der Waals surface area contributed by atoms with Crippen molar-refractivity contribution in [2.45, 2.75) is 20.8 Å². The van der Waals surface area contributed by atoms with Crippen LogP contribution in [0.2, 0.25) is 0 Å². The van der Waals surface area contributed by atoms with Crippen LogP contribution in [0.15, 0.2) is 42.7 Å². The number of anilines is 2. The van der Waals surface area contributed by atoms with Gasteiger partial charge in [0, 0.05) is 11.4 Å². The summed E-state index contributed by atoms with van der Waals surface area (Å²) in [6.45, 7) is 5.19. The molecule has 0 aliphatic carbocycles. The van der Waals surface area contributed by atoms with Crippen LogP contribution in [0.4, 0.5) is 10.8 Å². The fraction of sp³-hybridized carbons (Fsp3) is 0.136. The molecule has 0 bridgehead atoms. The second kappa shape index (κ2) is 7.92. The topological polar surface area (TPSA) is 127 Å². The number of aromatic nitrogens is 7. The minimum absolute atomic E-state index is 0.143. The van der Waals surface area contributed by atoms with Crippen molar-refractivity contribution in [2.24, 2.45) is 0 Å². The third kappa shape index (κ3) is 3.72. The van der Waals surface area contributed by atoms with Crippen molar-refractivity contribution in [1.29, 1.82) is 5.26 Å². The Hall–Kier alpha value is -4.43. The van der Waals surface area contributed by atoms with Crippen molar-refractivity contribution < 1.29 is 4.79 Å². The summed E-state index contributed by atoms with van der Waals surface area (Å²) < 4.78 is 3.36. The molecule has 0 aliphatic heterocycles. The lowest BCUT2D eigenvalue weighted by molar-refractivity contribution is 0.101. The van der Waals surface area contributed by atoms with Gasteiger partial charge in [-0.3, -0.25) is 9.36 Å². The number of imidazole rings is 1. The molecule has 0 saturated heterocycles. The van der Waals surface area contributed by atoms with E-state index in [1.165, 1.54) is 22.9 Å². The molecule has 33 heavy (non-hydrogen) atoms. The lowest BCUT2D eigenvalue weighted by Gasteiger charge is -2.11. The lowest BCUT2D eigenvalue weighted by atomic mass is 10.2. The summed E-state index contributed by atoms with van der Waals surface area (Å²) in [5.41, 5.74) is 3.84. The van der Waals surface area contributed by atoms with Crippen LogP contribution in [-0.4, -0.2) is 40.3 Å². The van der Waals surface area contributed by atoms with Crippen molar-refractivity contribution in [3.63, 3.8) is 0 Å². The molecule has 0 fully saturated rings. The SMILES string of the molecule is CC(=O)c1ccc(-n2cnc3cc(Nc4nnc(C)s4)ccc32)nc1-n1nc(C#N)cc1C. The maximum absolute atomic E-state index is 12.2. The molecule has 0 spiro atoms. The Morgan fingerprint density at radius 2 is 2.00 bits per heavy atom. The monoisotopic (exact) mass is 455 g/mol. The number of rotatable bonds is 5. The zero-order valence-electron chi connectivity index (χ0n) is 17.9. The summed E-state index contributed by atoms with van der Waals surface area (Å²) in [6.07, 6.45) is 1.68. The predicted octanol–water partition coefficient (Wildman–Crippen LogP) is 3.89. The maximum atomic E-state index is 12.2. The Labute approximate surface area is 192 Å². The fourth-order valence-corrected chi connectivity index (χ4v) is 4.11. The van der Waals surface area contributed by atoms with Gasteiger partial charge in [-0.1, -0.05) is 11.3 Å². The summed E-state index contributed by atoms with van der Waals surface area (Å²) in [4.78, 5) is 21.5. The largest absolute Gasteiger partial charge is 0.330 e. The van der Waals surface area contributed by atoms with Crippen LogP contribution >= 0.6 is 11.3 Å². The van der Waals surface area contributed by atoms with E-state index in [4.69, 9.17) is 4.98 Å². The molecule has 5 aromatic rings. The zero-order chi connectivity index (χ0) is 23.1. The van der Waals surface area contributed by atoms with Crippen molar-refractivity contribution in [2.75, 3.05) is 5.32 Å². The second-order valence-corrected chi connectivity index (χ2v) is 8.54. The summed E-state index contributed by atoms with van der Waals surface area (Å²) in [6, 6.07) is 12.9. The number of nitriles is 1. The molecule has 0 radical (unpaired) electrons. The second-order valence-electron chi connectivity index (χ2n) is 7.36. The van der Waals surface area contributed by atoms with Gasteiger partial charge in [0.05, 0.1) is 16.6 Å². The highest BCUT2D eigenvalue weighted by Crippen LogP contribution is 2.26. The van der Waals surface area contributed by atoms with Crippen LogP contribution in [0.3, 0.4) is 0 Å². The first kappa shape index (κ1) is 20.5. The highest BCUT2D eigenvalue weighted by molar-refractivity contribution is 7.15. The normalized spacial score (nSPS) is 11.0. The quantitative estimate of drug-likeness (QED) is 0.395. The molecule has 10 nitrogen and oxygen atoms in total. The molecule has 4 aromatic heterocycles. The van der Waals surface area contributed by atoms with Gasteiger partial charge in [0.1, 0.15) is 23.2 Å². The van der Waals surface area contributed by atoms with E-state index >= 15 is 0 Å². The minimum atomic E-state index is -0.143. The third-order valence-corrected chi connectivity index (χ3v) is 5.77. The highest BCUT2D eigenvalue weighted by Gasteiger charge is 2.17. The molecular weight excluding hydrogens is 438 g/mol. The fourth-order valence-electron chi connectivity index (χ4n) is 3.50. The van der Waals surface area contributed by atoms with Gasteiger partial charge in [0.15, 0.2) is 17.3 Å². The van der Waals surface area contributed by atoms with E-state index < -0.39 is 0 Å². The minimum Gasteiger partial charge on any atom is -0.330 e. The first-order valence-electron chi connectivity index (χ1n) is 9.96. The summed E-state index contributed by atoms with van der Waals surface area (Å²) in [5, 5.41) is 26.4. The van der Waals surface area contributed by atoms with E-state index in [-0.39, 0.29) is 11.5 Å². The van der Waals surface area contributed by atoms with Crippen LogP contribution < -0.4 is 5.32 Å². The number of Topliss-reactive ketones (excluding diaryl/α,β-unsaturated/α-hetero) is 1. The van der Waals surface area contributed by atoms with E-state index in [0.717, 1.165) is 21.7 Å². The van der Waals surface area contributed by atoms with Gasteiger partial charge >= 0.3 is 0 Å². The molecule has 0 saturated carbocycles. The predicted molar refractivity (Wildman–Crippen MR) is 123 cm³/mol. The van der Waals surface area contributed by atoms with Gasteiger partial charge in [0.2, 0.25) is 5.13 Å². The van der Waals surface area contributed by atoms with E-state index in [2.05, 4.69) is 25.6 Å². The molecule has 0 atom stereocenters. The van der Waals surface area contributed by atoms with Crippen LogP contribution in [0.25, 0.3) is 22.7 Å². The van der Waals surface area contributed by atoms with Crippen LogP contribution in [-0.2, 0) is 0 Å². The maximum Gasteiger partial charge on any atom is 0.210 e. The molecule has 0 amide bonds. The number of benzene rings is 1. The molecule has 1 N–H and O–H groups in total. The molecule has 4 heterocycles. The Morgan fingerprint density at radius 1 is 1.15 bits per heavy atom. The van der Waals surface area contributed by atoms with Gasteiger partial charge in [0.25, 0.3) is 0 Å². The van der Waals surface area contributed by atoms with E-state index in [0.29, 0.717) is 28.0 Å². The molecular formula is C22H17N9OS. The smallest absolute Gasteiger partial charge is 0.210 e. The van der Waals surface area contributed by atoms with Gasteiger partial charge in [-0.2, -0.15) is 10.4 Å². The van der Waals surface area contributed by atoms with Crippen molar-refractivity contribution in [3.05, 3.63) is 64.7 Å². The lowest BCUT2D eigenvalue weighted by Crippen LogP contribution is -2.11. The zero-order valence-corrected chi connectivity index (χ0v) is 18.8. The standard InChI is InChI=1S/C22H17N9OS/c1-12-8-16(10-23)29-31(12)21-17(13(2)32)5-7-20(26-21)30-11-24-18-9-15(4-6-19(18)30)25-22-28-27-14(3)33-22/h4-9,11H,1-3H3,(H,25,28). The summed E-state index contributed by atoms with van der Waals surface area (Å²) in [7, 11) is 0. The Bertz CT molecular complexity index is 1570. The summed E-state index contributed by atoms with van der Waals surface area (Å²) in [5.74, 6) is 0.799. The van der Waals surface area contributed by atoms with E-state index in [1.807, 2.05) is 42.7 Å². The Kier molecular flexibility index (Phi) is 4.91. The number of nitrogens with zero attached hydrogens (tertiary/aromatic N) is 8. The van der Waals surface area contributed by atoms with Crippen molar-refractivity contribution in [3.8, 4) is 17.7 Å². The molecule has 0 unspecified atom stereocenters. The molecule has 5 rings (SSSR count). The van der Waals surface area contributed by atoms with Crippen LogP contribution in [0.1, 0.15) is 33.7 Å². The number of nitrogens with one attached hydrogen (secondary N) is 1. The molecule has 1 aromatic carbocycles. The average molecular weight is 456 g/mol. The van der Waals surface area contributed by atoms with E-state index in [1.54, 1.807) is 24.5 Å². The summed E-state index contributed by atoms with van der Waals surface area (Å²) >= 11 is 1.47. The third-order valence-electron chi connectivity index (χ3n) is 5.01. The molecule has 0 aliphatic rings. The van der Waals surface area contributed by atoms with Crippen LogP contribution in [0, 0.1) is 25.2 Å². The Morgan fingerprint density at radius 3 is 2.70 bits per heavy atom. The number of carbonyl (C=O) groups excluding carboxylic acids is 1.